The molecule has 9 heteroatoms. The van der Waals surface area contributed by atoms with E-state index in [1.165, 1.54) is 0 Å². The van der Waals surface area contributed by atoms with Gasteiger partial charge in [0, 0.05) is 0 Å². The van der Waals surface area contributed by atoms with Gasteiger partial charge < -0.3 is 0 Å². The Balaban J connectivity index is -0.000000167. The molecular weight excluding hydrogens is 430 g/mol. The van der Waals surface area contributed by atoms with Gasteiger partial charge in [-0.3, -0.25) is 0 Å². The Morgan fingerprint density at radius 2 is 1.41 bits per heavy atom. The van der Waals surface area contributed by atoms with Crippen molar-refractivity contribution < 1.29 is 43.8 Å². The first-order chi connectivity index (χ1) is 13.9. The quantitative estimate of drug-likeness (QED) is 0.243. The van der Waals surface area contributed by atoms with Gasteiger partial charge in [0.25, 0.3) is 0 Å². The van der Waals surface area contributed by atoms with Crippen molar-refractivity contribution in [3.63, 3.8) is 0 Å². The van der Waals surface area contributed by atoms with Gasteiger partial charge in [-0.15, -0.1) is 0 Å². The molecule has 1 rings (SSSR count). The summed E-state index contributed by atoms with van der Waals surface area (Å²) in [5.41, 5.74) is 4.42. The van der Waals surface area contributed by atoms with Crippen LogP contribution >= 0.6 is 0 Å². The molecule has 0 unspecified atom stereocenters. The molecule has 7 nitrogen and oxygen atoms in total. The van der Waals surface area contributed by atoms with Crippen molar-refractivity contribution in [2.75, 3.05) is 13.7 Å². The molecular formula is C20H21CrNO6Si. The van der Waals surface area contributed by atoms with E-state index in [1.54, 1.807) is 7.11 Å². The Morgan fingerprint density at radius 1 is 0.966 bits per heavy atom. The molecule has 0 radical (unpaired) electrons. The van der Waals surface area contributed by atoms with Gasteiger partial charge in [0.05, 0.1) is 0 Å². The number of nitrogens with one attached hydrogen (secondary N) is 1. The van der Waals surface area contributed by atoms with Crippen LogP contribution in [0.4, 0.5) is 0 Å². The summed E-state index contributed by atoms with van der Waals surface area (Å²) in [6.45, 7) is 30.1. The fraction of sp³-hybridized carbons (Fsp3) is 0.300. The number of rotatable bonds is 5. The number of hydrogen-bond donors (Lipinski definition) is 1. The molecule has 0 aliphatic carbocycles. The van der Waals surface area contributed by atoms with Crippen molar-refractivity contribution in [3.05, 3.63) is 63.1 Å². The van der Waals surface area contributed by atoms with E-state index in [1.807, 2.05) is 24.3 Å². The van der Waals surface area contributed by atoms with Crippen LogP contribution in [0.15, 0.2) is 24.3 Å². The summed E-state index contributed by atoms with van der Waals surface area (Å²) >= 11 is 3.06. The summed E-state index contributed by atoms with van der Waals surface area (Å²) in [6, 6.07) is 7.96. The first kappa shape index (κ1) is 37.6. The molecule has 0 saturated heterocycles. The Bertz CT molecular complexity index is 671. The van der Waals surface area contributed by atoms with E-state index in [-0.39, 0.29) is 0 Å². The molecule has 0 spiro atoms. The fourth-order valence-corrected chi connectivity index (χ4v) is 2.57. The van der Waals surface area contributed by atoms with E-state index in [9.17, 15) is 0 Å². The van der Waals surface area contributed by atoms with Gasteiger partial charge >= 0.3 is 182 Å². The summed E-state index contributed by atoms with van der Waals surface area (Å²) in [5.74, 6) is 4.12. The molecule has 0 aliphatic rings. The molecule has 0 aromatic heterocycles. The van der Waals surface area contributed by atoms with Crippen molar-refractivity contribution in [1.29, 1.82) is 0 Å². The molecule has 0 fully saturated rings. The monoisotopic (exact) mass is 451 g/mol. The number of methoxy groups -OCH3 is 1. The van der Waals surface area contributed by atoms with Gasteiger partial charge in [0.2, 0.25) is 0 Å². The molecule has 0 atom stereocenters. The summed E-state index contributed by atoms with van der Waals surface area (Å²) in [7, 11) is 0.449. The van der Waals surface area contributed by atoms with Crippen LogP contribution in [-0.4, -0.2) is 26.2 Å². The third-order valence-electron chi connectivity index (χ3n) is 2.35. The molecule has 152 valence electrons. The number of para-hydroxylation sites is 1. The number of benzene rings is 1. The Morgan fingerprint density at radius 3 is 1.83 bits per heavy atom. The first-order valence-electron chi connectivity index (χ1n) is 7.37. The van der Waals surface area contributed by atoms with Crippen molar-refractivity contribution in [2.24, 2.45) is 0 Å². The van der Waals surface area contributed by atoms with Crippen molar-refractivity contribution in [3.8, 4) is 17.2 Å². The van der Waals surface area contributed by atoms with Gasteiger partial charge in [0.1, 0.15) is 0 Å². The second-order valence-corrected chi connectivity index (χ2v) is 10.6. The molecule has 0 aliphatic heterocycles. The molecule has 29 heavy (non-hydrogen) atoms. The van der Waals surface area contributed by atoms with Gasteiger partial charge in [-0.25, -0.2) is 0 Å². The number of hydrogen-bond acceptors (Lipinski definition) is 2. The van der Waals surface area contributed by atoms with E-state index in [4.69, 9.17) is 28.0 Å². The van der Waals surface area contributed by atoms with E-state index >= 15 is 0 Å². The normalized spacial score (nSPS) is 7.24. The minimum atomic E-state index is -1.24. The van der Waals surface area contributed by atoms with E-state index in [2.05, 4.69) is 85.5 Å². The van der Waals surface area contributed by atoms with Crippen LogP contribution in [0.5, 0.6) is 5.75 Å². The topological polar surface area (TPSA) is 121 Å². The van der Waals surface area contributed by atoms with Crippen LogP contribution in [0.2, 0.25) is 19.6 Å². The Hall–Kier alpha value is -2.14. The molecule has 1 aromatic rings. The predicted octanol–water partition coefficient (Wildman–Crippen LogP) is 2.39. The van der Waals surface area contributed by atoms with Crippen LogP contribution in [0.3, 0.4) is 0 Å². The summed E-state index contributed by atoms with van der Waals surface area (Å²) < 4.78 is 43.8. The zero-order chi connectivity index (χ0) is 24.3. The van der Waals surface area contributed by atoms with E-state index < -0.39 is 8.07 Å². The maximum absolute atomic E-state index is 7.50. The second-order valence-electron chi connectivity index (χ2n) is 5.26. The predicted molar refractivity (Wildman–Crippen MR) is 100 cm³/mol. The SMILES string of the molecule is COc1ccccc1[C](=[Cr])NCCC#C[Si](C)(C)C.[C-]#[O+].[C-]#[O+].[C-]#[O+].[C-]#[O+].[C-]#[O+]. The zero-order valence-corrected chi connectivity index (χ0v) is 18.9. The first-order valence-corrected chi connectivity index (χ1v) is 11.5. The molecule has 0 amide bonds. The van der Waals surface area contributed by atoms with Crippen molar-refractivity contribution in [2.45, 2.75) is 26.1 Å². The van der Waals surface area contributed by atoms with Gasteiger partial charge in [-0.05, 0) is 0 Å². The molecule has 0 bridgehead atoms. The summed E-state index contributed by atoms with van der Waals surface area (Å²) in [4.78, 5) is 0. The van der Waals surface area contributed by atoms with Crippen LogP contribution in [0, 0.1) is 44.7 Å². The Kier molecular flexibility index (Phi) is 39.6. The fourth-order valence-electron chi connectivity index (χ4n) is 1.49. The van der Waals surface area contributed by atoms with Crippen LogP contribution in [-0.2, 0) is 39.1 Å². The summed E-state index contributed by atoms with van der Waals surface area (Å²) in [6.07, 6.45) is 0.866. The average Bonchev–Trinajstić information content (AvgIpc) is 2.79. The van der Waals surface area contributed by atoms with E-state index in [0.29, 0.717) is 0 Å². The molecule has 1 aromatic carbocycles. The average molecular weight is 451 g/mol. The van der Waals surface area contributed by atoms with Crippen molar-refractivity contribution in [1.82, 2.24) is 5.32 Å². The third-order valence-corrected chi connectivity index (χ3v) is 3.85. The standard InChI is InChI=1S/C15H21NOSi.5CO.Cr/c1-17-15-10-6-5-9-14(15)13-16-11-7-8-12-18(2,3)4;5*1-2;/h5-6,9-10,16H,7,11H2,1-4H3;;;;;;. The summed E-state index contributed by atoms with van der Waals surface area (Å²) in [5, 5.41) is 3.35. The van der Waals surface area contributed by atoms with Gasteiger partial charge in [-0.2, -0.15) is 0 Å². The molecule has 0 heterocycles. The van der Waals surface area contributed by atoms with Gasteiger partial charge in [-0.1, -0.05) is 0 Å². The van der Waals surface area contributed by atoms with E-state index in [0.717, 1.165) is 28.8 Å². The molecule has 0 saturated carbocycles. The Labute approximate surface area is 181 Å². The van der Waals surface area contributed by atoms with Crippen LogP contribution in [0.1, 0.15) is 12.0 Å². The van der Waals surface area contributed by atoms with Crippen LogP contribution < -0.4 is 10.1 Å². The second kappa shape index (κ2) is 30.6. The maximum atomic E-state index is 7.50. The minimum absolute atomic E-state index is 0.845. The third kappa shape index (κ3) is 25.9. The zero-order valence-electron chi connectivity index (χ0n) is 16.6. The van der Waals surface area contributed by atoms with Gasteiger partial charge in [0.15, 0.2) is 0 Å². The van der Waals surface area contributed by atoms with Crippen molar-refractivity contribution >= 4 is 12.6 Å². The molecule has 1 N–H and O–H groups in total. The number of ether oxygens (including phenoxy) is 1. The van der Waals surface area contributed by atoms with Crippen LogP contribution in [0.25, 0.3) is 0 Å².